The van der Waals surface area contributed by atoms with Gasteiger partial charge < -0.3 is 14.8 Å². The first-order chi connectivity index (χ1) is 15.0. The molecule has 0 radical (unpaired) electrons. The van der Waals surface area contributed by atoms with Gasteiger partial charge in [-0.05, 0) is 61.0 Å². The molecule has 0 bridgehead atoms. The Hall–Kier alpha value is -4.13. The van der Waals surface area contributed by atoms with Gasteiger partial charge in [-0.25, -0.2) is 5.43 Å². The summed E-state index contributed by atoms with van der Waals surface area (Å²) in [5.74, 6) is 0.538. The number of amides is 2. The lowest BCUT2D eigenvalue weighted by molar-refractivity contribution is -0.118. The van der Waals surface area contributed by atoms with Crippen molar-refractivity contribution in [2.75, 3.05) is 19.0 Å². The lowest BCUT2D eigenvalue weighted by atomic mass is 10.1. The SMILES string of the molecule is COc1ccccc1NC(=O)COc1ccc(/C=N/NC(=O)c2ccc(C)cc2)cc1. The number of carbonyl (C=O) groups excluding carboxylic acids is 2. The standard InChI is InChI=1S/C24H23N3O4/c1-17-7-11-19(12-8-17)24(29)27-25-15-18-9-13-20(14-10-18)31-16-23(28)26-21-5-3-4-6-22(21)30-2/h3-15H,16H2,1-2H3,(H,26,28)(H,27,29)/b25-15+. The number of benzene rings is 3. The van der Waals surface area contributed by atoms with Crippen LogP contribution in [-0.2, 0) is 4.79 Å². The minimum atomic E-state index is -0.297. The molecule has 158 valence electrons. The van der Waals surface area contributed by atoms with Crippen molar-refractivity contribution < 1.29 is 19.1 Å². The lowest BCUT2D eigenvalue weighted by Gasteiger charge is -2.10. The molecule has 3 aromatic rings. The van der Waals surface area contributed by atoms with Crippen LogP contribution in [-0.4, -0.2) is 31.7 Å². The zero-order chi connectivity index (χ0) is 22.1. The maximum Gasteiger partial charge on any atom is 0.271 e. The molecule has 0 aliphatic heterocycles. The number of anilines is 1. The van der Waals surface area contributed by atoms with E-state index in [0.717, 1.165) is 11.1 Å². The topological polar surface area (TPSA) is 89.0 Å². The van der Waals surface area contributed by atoms with Crippen molar-refractivity contribution in [2.24, 2.45) is 5.10 Å². The Morgan fingerprint density at radius 3 is 2.39 bits per heavy atom. The first-order valence-corrected chi connectivity index (χ1v) is 9.61. The third kappa shape index (κ3) is 6.43. The number of hydrazone groups is 1. The largest absolute Gasteiger partial charge is 0.495 e. The third-order valence-corrected chi connectivity index (χ3v) is 4.32. The van der Waals surface area contributed by atoms with Crippen LogP contribution >= 0.6 is 0 Å². The summed E-state index contributed by atoms with van der Waals surface area (Å²) in [6, 6.07) is 21.4. The van der Waals surface area contributed by atoms with Crippen molar-refractivity contribution >= 4 is 23.7 Å². The zero-order valence-electron chi connectivity index (χ0n) is 17.3. The Morgan fingerprint density at radius 1 is 0.968 bits per heavy atom. The van der Waals surface area contributed by atoms with Gasteiger partial charge in [-0.15, -0.1) is 0 Å². The van der Waals surface area contributed by atoms with Crippen molar-refractivity contribution in [1.29, 1.82) is 0 Å². The first kappa shape index (κ1) is 21.6. The summed E-state index contributed by atoms with van der Waals surface area (Å²) in [5.41, 5.74) is 5.47. The number of hydrogen-bond acceptors (Lipinski definition) is 5. The highest BCUT2D eigenvalue weighted by molar-refractivity contribution is 5.95. The van der Waals surface area contributed by atoms with Gasteiger partial charge >= 0.3 is 0 Å². The predicted molar refractivity (Wildman–Crippen MR) is 120 cm³/mol. The Balaban J connectivity index is 1.47. The molecule has 0 fully saturated rings. The number of ether oxygens (including phenoxy) is 2. The molecular formula is C24H23N3O4. The molecule has 2 amide bonds. The highest BCUT2D eigenvalue weighted by Crippen LogP contribution is 2.22. The molecule has 0 saturated carbocycles. The monoisotopic (exact) mass is 417 g/mol. The molecule has 0 aliphatic rings. The van der Waals surface area contributed by atoms with E-state index in [2.05, 4.69) is 15.8 Å². The summed E-state index contributed by atoms with van der Waals surface area (Å²) >= 11 is 0. The van der Waals surface area contributed by atoms with Gasteiger partial charge in [-0.1, -0.05) is 29.8 Å². The second-order valence-electron chi connectivity index (χ2n) is 6.67. The molecule has 0 saturated heterocycles. The first-order valence-electron chi connectivity index (χ1n) is 9.61. The number of aryl methyl sites for hydroxylation is 1. The van der Waals surface area contributed by atoms with Crippen LogP contribution in [0.4, 0.5) is 5.69 Å². The maximum absolute atomic E-state index is 12.1. The van der Waals surface area contributed by atoms with Crippen LogP contribution in [0, 0.1) is 6.92 Å². The van der Waals surface area contributed by atoms with Crippen LogP contribution in [0.15, 0.2) is 77.9 Å². The molecular weight excluding hydrogens is 394 g/mol. The number of para-hydroxylation sites is 2. The number of hydrogen-bond donors (Lipinski definition) is 2. The molecule has 7 heteroatoms. The van der Waals surface area contributed by atoms with Crippen LogP contribution in [0.1, 0.15) is 21.5 Å². The molecule has 0 atom stereocenters. The Kier molecular flexibility index (Phi) is 7.37. The normalized spacial score (nSPS) is 10.5. The smallest absolute Gasteiger partial charge is 0.271 e. The van der Waals surface area contributed by atoms with Gasteiger partial charge in [-0.3, -0.25) is 9.59 Å². The number of nitrogens with zero attached hydrogens (tertiary/aromatic N) is 1. The van der Waals surface area contributed by atoms with Gasteiger partial charge in [0.1, 0.15) is 11.5 Å². The van der Waals surface area contributed by atoms with Crippen molar-refractivity contribution in [1.82, 2.24) is 5.43 Å². The fraction of sp³-hybridized carbons (Fsp3) is 0.125. The van der Waals surface area contributed by atoms with E-state index in [1.807, 2.05) is 31.2 Å². The molecule has 0 unspecified atom stereocenters. The van der Waals surface area contributed by atoms with E-state index in [1.165, 1.54) is 6.21 Å². The Morgan fingerprint density at radius 2 is 1.68 bits per heavy atom. The summed E-state index contributed by atoms with van der Waals surface area (Å²) in [5, 5.41) is 6.71. The number of nitrogens with one attached hydrogen (secondary N) is 2. The van der Waals surface area contributed by atoms with Crippen molar-refractivity contribution in [3.63, 3.8) is 0 Å². The molecule has 0 heterocycles. The molecule has 0 aromatic heterocycles. The van der Waals surface area contributed by atoms with Crippen molar-refractivity contribution in [2.45, 2.75) is 6.92 Å². The van der Waals surface area contributed by atoms with Gasteiger partial charge in [-0.2, -0.15) is 5.10 Å². The van der Waals surface area contributed by atoms with Gasteiger partial charge in [0.15, 0.2) is 6.61 Å². The second kappa shape index (κ2) is 10.6. The average Bonchev–Trinajstić information content (AvgIpc) is 2.79. The Bertz CT molecular complexity index is 1060. The highest BCUT2D eigenvalue weighted by Gasteiger charge is 2.08. The summed E-state index contributed by atoms with van der Waals surface area (Å²) in [6.45, 7) is 1.82. The summed E-state index contributed by atoms with van der Waals surface area (Å²) in [6.07, 6.45) is 1.53. The van der Waals surface area contributed by atoms with Crippen LogP contribution in [0.5, 0.6) is 11.5 Å². The van der Waals surface area contributed by atoms with Crippen molar-refractivity contribution in [3.8, 4) is 11.5 Å². The van der Waals surface area contributed by atoms with E-state index in [0.29, 0.717) is 22.7 Å². The molecule has 3 aromatic carbocycles. The molecule has 7 nitrogen and oxygen atoms in total. The second-order valence-corrected chi connectivity index (χ2v) is 6.67. The summed E-state index contributed by atoms with van der Waals surface area (Å²) in [7, 11) is 1.54. The quantitative estimate of drug-likeness (QED) is 0.431. The average molecular weight is 417 g/mol. The minimum Gasteiger partial charge on any atom is -0.495 e. The Labute approximate surface area is 180 Å². The van der Waals surface area contributed by atoms with E-state index in [-0.39, 0.29) is 18.4 Å². The molecule has 2 N–H and O–H groups in total. The number of methoxy groups -OCH3 is 1. The highest BCUT2D eigenvalue weighted by atomic mass is 16.5. The fourth-order valence-corrected chi connectivity index (χ4v) is 2.67. The summed E-state index contributed by atoms with van der Waals surface area (Å²) in [4.78, 5) is 24.1. The molecule has 0 spiro atoms. The van der Waals surface area contributed by atoms with Gasteiger partial charge in [0, 0.05) is 5.56 Å². The number of carbonyl (C=O) groups is 2. The van der Waals surface area contributed by atoms with Crippen LogP contribution < -0.4 is 20.2 Å². The van der Waals surface area contributed by atoms with E-state index in [9.17, 15) is 9.59 Å². The molecule has 31 heavy (non-hydrogen) atoms. The zero-order valence-corrected chi connectivity index (χ0v) is 17.3. The van der Waals surface area contributed by atoms with Gasteiger partial charge in [0.05, 0.1) is 19.0 Å². The van der Waals surface area contributed by atoms with E-state index >= 15 is 0 Å². The van der Waals surface area contributed by atoms with E-state index in [4.69, 9.17) is 9.47 Å². The molecule has 3 rings (SSSR count). The van der Waals surface area contributed by atoms with Crippen LogP contribution in [0.3, 0.4) is 0 Å². The molecule has 0 aliphatic carbocycles. The van der Waals surface area contributed by atoms with E-state index in [1.54, 1.807) is 55.6 Å². The summed E-state index contributed by atoms with van der Waals surface area (Å²) < 4.78 is 10.7. The van der Waals surface area contributed by atoms with Crippen molar-refractivity contribution in [3.05, 3.63) is 89.5 Å². The predicted octanol–water partition coefficient (Wildman–Crippen LogP) is 3.79. The third-order valence-electron chi connectivity index (χ3n) is 4.32. The minimum absolute atomic E-state index is 0.141. The van der Waals surface area contributed by atoms with Gasteiger partial charge in [0.25, 0.3) is 11.8 Å². The van der Waals surface area contributed by atoms with E-state index < -0.39 is 0 Å². The lowest BCUT2D eigenvalue weighted by Crippen LogP contribution is -2.20. The maximum atomic E-state index is 12.1. The fourth-order valence-electron chi connectivity index (χ4n) is 2.67. The number of rotatable bonds is 8. The van der Waals surface area contributed by atoms with Crippen LogP contribution in [0.25, 0.3) is 0 Å². The van der Waals surface area contributed by atoms with Crippen LogP contribution in [0.2, 0.25) is 0 Å². The van der Waals surface area contributed by atoms with Gasteiger partial charge in [0.2, 0.25) is 0 Å².